The summed E-state index contributed by atoms with van der Waals surface area (Å²) in [4.78, 5) is 24.5. The fourth-order valence-electron chi connectivity index (χ4n) is 3.06. The maximum Gasteiger partial charge on any atom is 0.401 e. The lowest BCUT2D eigenvalue weighted by Gasteiger charge is -2.25. The van der Waals surface area contributed by atoms with E-state index in [1.54, 1.807) is 12.3 Å². The number of H-pyrrole nitrogens is 1. The first-order valence-electron chi connectivity index (χ1n) is 8.06. The number of hydrogen-bond acceptors (Lipinski definition) is 4. The van der Waals surface area contributed by atoms with Crippen molar-refractivity contribution in [3.63, 3.8) is 0 Å². The number of nitrogens with zero attached hydrogens (tertiary/aromatic N) is 3. The van der Waals surface area contributed by atoms with Gasteiger partial charge >= 0.3 is 12.2 Å². The van der Waals surface area contributed by atoms with Crippen molar-refractivity contribution in [2.45, 2.75) is 31.5 Å². The van der Waals surface area contributed by atoms with Crippen LogP contribution >= 0.6 is 0 Å². The van der Waals surface area contributed by atoms with Crippen molar-refractivity contribution in [3.8, 4) is 0 Å². The number of carbonyl (C=O) groups excluding carboxylic acids is 1. The third-order valence-electron chi connectivity index (χ3n) is 4.15. The van der Waals surface area contributed by atoms with Crippen molar-refractivity contribution in [1.29, 1.82) is 0 Å². The predicted octanol–water partition coefficient (Wildman–Crippen LogP) is 2.50. The van der Waals surface area contributed by atoms with Crippen LogP contribution in [0.2, 0.25) is 0 Å². The van der Waals surface area contributed by atoms with Gasteiger partial charge in [0.25, 0.3) is 0 Å². The lowest BCUT2D eigenvalue weighted by atomic mass is 10.1. The molecular formula is C15H19F3N6O. The summed E-state index contributed by atoms with van der Waals surface area (Å²) in [6.45, 7) is -0.149. The monoisotopic (exact) mass is 356 g/mol. The molecule has 25 heavy (non-hydrogen) atoms. The lowest BCUT2D eigenvalue weighted by molar-refractivity contribution is -0.147. The van der Waals surface area contributed by atoms with E-state index in [0.717, 1.165) is 12.8 Å². The minimum atomic E-state index is -4.19. The molecule has 1 aliphatic rings. The Morgan fingerprint density at radius 3 is 3.08 bits per heavy atom. The first-order chi connectivity index (χ1) is 11.9. The molecule has 0 bridgehead atoms. The van der Waals surface area contributed by atoms with Gasteiger partial charge in [0.15, 0.2) is 11.5 Å². The molecule has 1 aliphatic heterocycles. The number of likely N-dealkylation sites (tertiary alicyclic amines) is 1. The molecule has 2 amide bonds. The standard InChI is InChI=1S/C15H19F3N6O/c16-15(17,18)9-24-7-1-2-10(24)3-5-20-14(25)23-12-8-21-13-11(22-12)4-6-19-13/h4,6,8,10H,1-3,5,7,9H2,(H,19,21)(H2,20,22,23,25). The van der Waals surface area contributed by atoms with Crippen LogP contribution in [0.5, 0.6) is 0 Å². The molecule has 3 rings (SSSR count). The van der Waals surface area contributed by atoms with Gasteiger partial charge in [0, 0.05) is 18.8 Å². The molecule has 0 radical (unpaired) electrons. The molecule has 1 saturated heterocycles. The zero-order chi connectivity index (χ0) is 17.9. The molecule has 0 aromatic carbocycles. The molecule has 1 atom stereocenters. The molecule has 10 heteroatoms. The van der Waals surface area contributed by atoms with Crippen LogP contribution in [0.15, 0.2) is 18.5 Å². The predicted molar refractivity (Wildman–Crippen MR) is 86.2 cm³/mol. The molecular weight excluding hydrogens is 337 g/mol. The van der Waals surface area contributed by atoms with Crippen LogP contribution in [0.1, 0.15) is 19.3 Å². The van der Waals surface area contributed by atoms with Crippen LogP contribution in [0.4, 0.5) is 23.8 Å². The van der Waals surface area contributed by atoms with Gasteiger partial charge in [0.05, 0.1) is 12.7 Å². The van der Waals surface area contributed by atoms with Crippen LogP contribution in [0.3, 0.4) is 0 Å². The third kappa shape index (κ3) is 4.81. The number of fused-ring (bicyclic) bond motifs is 1. The largest absolute Gasteiger partial charge is 0.401 e. The Morgan fingerprint density at radius 2 is 2.28 bits per heavy atom. The molecule has 3 N–H and O–H groups in total. The van der Waals surface area contributed by atoms with E-state index in [9.17, 15) is 18.0 Å². The summed E-state index contributed by atoms with van der Waals surface area (Å²) in [6.07, 6.45) is 0.881. The number of rotatable bonds is 5. The lowest BCUT2D eigenvalue weighted by Crippen LogP contribution is -2.40. The van der Waals surface area contributed by atoms with Gasteiger partial charge in [0.1, 0.15) is 5.52 Å². The number of amides is 2. The van der Waals surface area contributed by atoms with E-state index in [1.807, 2.05) is 0 Å². The second-order valence-electron chi connectivity index (χ2n) is 6.02. The van der Waals surface area contributed by atoms with Gasteiger partial charge in [-0.2, -0.15) is 13.2 Å². The zero-order valence-corrected chi connectivity index (χ0v) is 13.4. The van der Waals surface area contributed by atoms with Gasteiger partial charge in [-0.05, 0) is 31.9 Å². The number of alkyl halides is 3. The van der Waals surface area contributed by atoms with Crippen LogP contribution in [-0.2, 0) is 0 Å². The third-order valence-corrected chi connectivity index (χ3v) is 4.15. The second-order valence-corrected chi connectivity index (χ2v) is 6.02. The van der Waals surface area contributed by atoms with Gasteiger partial charge in [-0.3, -0.25) is 10.2 Å². The van der Waals surface area contributed by atoms with E-state index in [-0.39, 0.29) is 6.04 Å². The average molecular weight is 356 g/mol. The summed E-state index contributed by atoms with van der Waals surface area (Å²) in [6, 6.07) is 1.13. The van der Waals surface area contributed by atoms with Crippen LogP contribution < -0.4 is 10.6 Å². The maximum absolute atomic E-state index is 12.5. The van der Waals surface area contributed by atoms with E-state index in [1.165, 1.54) is 11.1 Å². The minimum absolute atomic E-state index is 0.155. The number of aromatic amines is 1. The molecule has 2 aromatic rings. The van der Waals surface area contributed by atoms with E-state index >= 15 is 0 Å². The number of aromatic nitrogens is 3. The van der Waals surface area contributed by atoms with Gasteiger partial charge in [-0.15, -0.1) is 0 Å². The average Bonchev–Trinajstić information content (AvgIpc) is 3.14. The smallest absolute Gasteiger partial charge is 0.345 e. The molecule has 0 saturated carbocycles. The van der Waals surface area contributed by atoms with Crippen molar-refractivity contribution in [3.05, 3.63) is 18.5 Å². The Kier molecular flexibility index (Phi) is 5.07. The summed E-state index contributed by atoms with van der Waals surface area (Å²) in [5.41, 5.74) is 1.25. The Morgan fingerprint density at radius 1 is 1.44 bits per heavy atom. The van der Waals surface area contributed by atoms with Crippen LogP contribution in [0, 0.1) is 0 Å². The number of halogens is 3. The molecule has 1 fully saturated rings. The van der Waals surface area contributed by atoms with E-state index in [0.29, 0.717) is 36.5 Å². The van der Waals surface area contributed by atoms with Gasteiger partial charge in [0.2, 0.25) is 0 Å². The highest BCUT2D eigenvalue weighted by atomic mass is 19.4. The van der Waals surface area contributed by atoms with Crippen molar-refractivity contribution in [1.82, 2.24) is 25.2 Å². The van der Waals surface area contributed by atoms with Crippen LogP contribution in [-0.4, -0.2) is 57.7 Å². The highest BCUT2D eigenvalue weighted by Gasteiger charge is 2.35. The molecule has 0 spiro atoms. The van der Waals surface area contributed by atoms with Crippen molar-refractivity contribution < 1.29 is 18.0 Å². The number of nitrogens with one attached hydrogen (secondary N) is 3. The fraction of sp³-hybridized carbons (Fsp3) is 0.533. The van der Waals surface area contributed by atoms with Crippen molar-refractivity contribution in [2.75, 3.05) is 25.0 Å². The first-order valence-corrected chi connectivity index (χ1v) is 8.06. The Balaban J connectivity index is 1.44. The number of hydrogen-bond donors (Lipinski definition) is 3. The number of urea groups is 1. The van der Waals surface area contributed by atoms with Crippen molar-refractivity contribution >= 4 is 23.0 Å². The zero-order valence-electron chi connectivity index (χ0n) is 13.4. The number of anilines is 1. The van der Waals surface area contributed by atoms with Crippen molar-refractivity contribution in [2.24, 2.45) is 0 Å². The SMILES string of the molecule is O=C(NCCC1CCCN1CC(F)(F)F)Nc1cnc2[nH]ccc2n1. The maximum atomic E-state index is 12.5. The fourth-order valence-corrected chi connectivity index (χ4v) is 3.06. The second kappa shape index (κ2) is 7.26. The summed E-state index contributed by atoms with van der Waals surface area (Å²) in [7, 11) is 0. The molecule has 2 aromatic heterocycles. The highest BCUT2D eigenvalue weighted by molar-refractivity contribution is 5.89. The Hall–Kier alpha value is -2.36. The topological polar surface area (TPSA) is 85.9 Å². The molecule has 3 heterocycles. The number of carbonyl (C=O) groups is 1. The van der Waals surface area contributed by atoms with Gasteiger partial charge in [-0.1, -0.05) is 0 Å². The molecule has 7 nitrogen and oxygen atoms in total. The summed E-state index contributed by atoms with van der Waals surface area (Å²) < 4.78 is 37.6. The van der Waals surface area contributed by atoms with Gasteiger partial charge in [-0.25, -0.2) is 14.8 Å². The van der Waals surface area contributed by atoms with E-state index in [2.05, 4.69) is 25.6 Å². The molecule has 136 valence electrons. The summed E-state index contributed by atoms with van der Waals surface area (Å²) in [5.74, 6) is 0.309. The minimum Gasteiger partial charge on any atom is -0.345 e. The van der Waals surface area contributed by atoms with E-state index < -0.39 is 18.8 Å². The molecule has 0 aliphatic carbocycles. The summed E-state index contributed by atoms with van der Waals surface area (Å²) >= 11 is 0. The van der Waals surface area contributed by atoms with E-state index in [4.69, 9.17) is 0 Å². The Bertz CT molecular complexity index is 731. The summed E-state index contributed by atoms with van der Waals surface area (Å²) in [5, 5.41) is 5.22. The van der Waals surface area contributed by atoms with Crippen LogP contribution in [0.25, 0.3) is 11.2 Å². The Labute approximate surface area is 142 Å². The first kappa shape index (κ1) is 17.5. The van der Waals surface area contributed by atoms with Gasteiger partial charge < -0.3 is 10.3 Å². The highest BCUT2D eigenvalue weighted by Crippen LogP contribution is 2.25. The quantitative estimate of drug-likeness (QED) is 0.768. The molecule has 1 unspecified atom stereocenters. The normalized spacial score (nSPS) is 18.6.